The Bertz CT molecular complexity index is 1120. The average molecular weight is 389 g/mol. The highest BCUT2D eigenvalue weighted by Gasteiger charge is 2.19. The van der Waals surface area contributed by atoms with E-state index in [1.54, 1.807) is 6.20 Å². The molecule has 0 amide bonds. The van der Waals surface area contributed by atoms with Crippen LogP contribution in [-0.2, 0) is 6.54 Å². The zero-order valence-corrected chi connectivity index (χ0v) is 16.6. The number of nitrogens with two attached hydrogens (primary N) is 1. The van der Waals surface area contributed by atoms with Crippen LogP contribution in [0, 0.1) is 13.8 Å². The van der Waals surface area contributed by atoms with Crippen LogP contribution in [0.15, 0.2) is 66.9 Å². The molecule has 2 aromatic heterocycles. The maximum Gasteiger partial charge on any atom is 0.131 e. The summed E-state index contributed by atoms with van der Waals surface area (Å²) in [6.07, 6.45) is 1.75. The first-order valence-electron chi connectivity index (χ1n) is 9.13. The Morgan fingerprint density at radius 1 is 0.929 bits per heavy atom. The van der Waals surface area contributed by atoms with Crippen LogP contribution in [0.4, 0.5) is 5.82 Å². The molecule has 4 rings (SSSR count). The van der Waals surface area contributed by atoms with Gasteiger partial charge in [0.05, 0.1) is 12.2 Å². The summed E-state index contributed by atoms with van der Waals surface area (Å²) >= 11 is 6.07. The van der Waals surface area contributed by atoms with Gasteiger partial charge in [-0.05, 0) is 48.7 Å². The second-order valence-corrected chi connectivity index (χ2v) is 7.25. The van der Waals surface area contributed by atoms with Crippen LogP contribution in [0.5, 0.6) is 0 Å². The first-order chi connectivity index (χ1) is 13.5. The fourth-order valence-corrected chi connectivity index (χ4v) is 3.73. The standard InChI is InChI=1S/C23H21ClN4/c1-15-21(16(2)28(27-15)14-17-6-4-3-5-7-17)20-12-13-26-23(25)22(20)18-8-10-19(24)11-9-18/h3-13H,14H2,1-2H3,(H2,25,26). The highest BCUT2D eigenvalue weighted by molar-refractivity contribution is 6.30. The van der Waals surface area contributed by atoms with E-state index in [0.29, 0.717) is 10.8 Å². The Morgan fingerprint density at radius 3 is 2.36 bits per heavy atom. The van der Waals surface area contributed by atoms with E-state index >= 15 is 0 Å². The number of hydrogen-bond donors (Lipinski definition) is 1. The van der Waals surface area contributed by atoms with Gasteiger partial charge in [0, 0.05) is 28.0 Å². The zero-order chi connectivity index (χ0) is 19.7. The number of anilines is 1. The largest absolute Gasteiger partial charge is 0.383 e. The summed E-state index contributed by atoms with van der Waals surface area (Å²) in [5.41, 5.74) is 13.6. The van der Waals surface area contributed by atoms with E-state index in [-0.39, 0.29) is 0 Å². The van der Waals surface area contributed by atoms with Gasteiger partial charge < -0.3 is 5.73 Å². The van der Waals surface area contributed by atoms with Crippen LogP contribution in [-0.4, -0.2) is 14.8 Å². The Morgan fingerprint density at radius 2 is 1.64 bits per heavy atom. The fourth-order valence-electron chi connectivity index (χ4n) is 3.60. The van der Waals surface area contributed by atoms with Gasteiger partial charge in [-0.3, -0.25) is 4.68 Å². The summed E-state index contributed by atoms with van der Waals surface area (Å²) in [6.45, 7) is 4.86. The minimum absolute atomic E-state index is 0.495. The molecule has 0 fully saturated rings. The number of hydrogen-bond acceptors (Lipinski definition) is 3. The van der Waals surface area contributed by atoms with Gasteiger partial charge in [-0.1, -0.05) is 54.1 Å². The van der Waals surface area contributed by atoms with Gasteiger partial charge >= 0.3 is 0 Å². The SMILES string of the molecule is Cc1nn(Cc2ccccc2)c(C)c1-c1ccnc(N)c1-c1ccc(Cl)cc1. The number of aromatic nitrogens is 3. The third kappa shape index (κ3) is 3.39. The highest BCUT2D eigenvalue weighted by Crippen LogP contribution is 2.38. The van der Waals surface area contributed by atoms with Crippen molar-refractivity contribution in [2.24, 2.45) is 0 Å². The molecule has 0 aliphatic heterocycles. The number of benzene rings is 2. The normalized spacial score (nSPS) is 11.0. The predicted octanol–water partition coefficient (Wildman–Crippen LogP) is 5.51. The Labute approximate surface area is 169 Å². The molecule has 5 heteroatoms. The van der Waals surface area contributed by atoms with Crippen molar-refractivity contribution < 1.29 is 0 Å². The van der Waals surface area contributed by atoms with Gasteiger partial charge in [0.15, 0.2) is 0 Å². The lowest BCUT2D eigenvalue weighted by atomic mass is 9.94. The van der Waals surface area contributed by atoms with Gasteiger partial charge in [0.1, 0.15) is 5.82 Å². The topological polar surface area (TPSA) is 56.7 Å². The molecular formula is C23H21ClN4. The van der Waals surface area contributed by atoms with Gasteiger partial charge in [0.25, 0.3) is 0 Å². The van der Waals surface area contributed by atoms with Crippen molar-refractivity contribution >= 4 is 17.4 Å². The third-order valence-electron chi connectivity index (χ3n) is 4.94. The number of rotatable bonds is 4. The molecule has 140 valence electrons. The summed E-state index contributed by atoms with van der Waals surface area (Å²) < 4.78 is 2.04. The van der Waals surface area contributed by atoms with Crippen molar-refractivity contribution in [1.82, 2.24) is 14.8 Å². The summed E-state index contributed by atoms with van der Waals surface area (Å²) in [4.78, 5) is 4.32. The lowest BCUT2D eigenvalue weighted by molar-refractivity contribution is 0.659. The first kappa shape index (κ1) is 18.3. The third-order valence-corrected chi connectivity index (χ3v) is 5.19. The molecule has 4 nitrogen and oxygen atoms in total. The maximum atomic E-state index is 6.29. The number of nitrogen functional groups attached to an aromatic ring is 1. The number of pyridine rings is 1. The Balaban J connectivity index is 1.84. The lowest BCUT2D eigenvalue weighted by Crippen LogP contribution is -2.04. The second kappa shape index (κ2) is 7.49. The van der Waals surface area contributed by atoms with E-state index in [1.807, 2.05) is 60.1 Å². The van der Waals surface area contributed by atoms with Crippen LogP contribution >= 0.6 is 11.6 Å². The summed E-state index contributed by atoms with van der Waals surface area (Å²) in [7, 11) is 0. The summed E-state index contributed by atoms with van der Waals surface area (Å²) in [5, 5.41) is 5.49. The van der Waals surface area contributed by atoms with Gasteiger partial charge in [-0.15, -0.1) is 0 Å². The van der Waals surface area contributed by atoms with Gasteiger partial charge in [-0.2, -0.15) is 5.10 Å². The molecule has 0 radical (unpaired) electrons. The van der Waals surface area contributed by atoms with Crippen molar-refractivity contribution in [3.05, 3.63) is 88.8 Å². The zero-order valence-electron chi connectivity index (χ0n) is 15.9. The first-order valence-corrected chi connectivity index (χ1v) is 9.51. The number of halogens is 1. The fraction of sp³-hybridized carbons (Fsp3) is 0.130. The quantitative estimate of drug-likeness (QED) is 0.501. The van der Waals surface area contributed by atoms with E-state index in [4.69, 9.17) is 22.4 Å². The molecule has 0 bridgehead atoms. The Kier molecular flexibility index (Phi) is 4.88. The van der Waals surface area contributed by atoms with Crippen LogP contribution in [0.2, 0.25) is 5.02 Å². The molecule has 0 spiro atoms. The van der Waals surface area contributed by atoms with Crippen molar-refractivity contribution in [3.8, 4) is 22.3 Å². The highest BCUT2D eigenvalue weighted by atomic mass is 35.5. The van der Waals surface area contributed by atoms with Crippen LogP contribution in [0.1, 0.15) is 17.0 Å². The predicted molar refractivity (Wildman–Crippen MR) is 115 cm³/mol. The van der Waals surface area contributed by atoms with Gasteiger partial charge in [-0.25, -0.2) is 4.98 Å². The van der Waals surface area contributed by atoms with E-state index in [1.165, 1.54) is 5.56 Å². The Hall–Kier alpha value is -3.11. The van der Waals surface area contributed by atoms with Crippen molar-refractivity contribution in [3.63, 3.8) is 0 Å². The molecule has 4 aromatic rings. The molecule has 0 saturated heterocycles. The van der Waals surface area contributed by atoms with Crippen LogP contribution in [0.25, 0.3) is 22.3 Å². The molecule has 0 aliphatic carbocycles. The maximum absolute atomic E-state index is 6.29. The van der Waals surface area contributed by atoms with Crippen LogP contribution in [0.3, 0.4) is 0 Å². The molecule has 0 atom stereocenters. The molecule has 0 aliphatic rings. The molecule has 0 unspecified atom stereocenters. The minimum atomic E-state index is 0.495. The molecule has 2 N–H and O–H groups in total. The van der Waals surface area contributed by atoms with Crippen LogP contribution < -0.4 is 5.73 Å². The van der Waals surface area contributed by atoms with E-state index in [2.05, 4.69) is 24.0 Å². The average Bonchev–Trinajstić information content (AvgIpc) is 2.96. The van der Waals surface area contributed by atoms with E-state index < -0.39 is 0 Å². The minimum Gasteiger partial charge on any atom is -0.383 e. The summed E-state index contributed by atoms with van der Waals surface area (Å²) in [5.74, 6) is 0.495. The molecule has 28 heavy (non-hydrogen) atoms. The number of aryl methyl sites for hydroxylation is 1. The van der Waals surface area contributed by atoms with Crippen molar-refractivity contribution in [2.75, 3.05) is 5.73 Å². The summed E-state index contributed by atoms with van der Waals surface area (Å²) in [6, 6.07) is 20.0. The molecule has 0 saturated carbocycles. The number of nitrogens with zero attached hydrogens (tertiary/aromatic N) is 3. The van der Waals surface area contributed by atoms with Crippen molar-refractivity contribution in [2.45, 2.75) is 20.4 Å². The van der Waals surface area contributed by atoms with Gasteiger partial charge in [0.2, 0.25) is 0 Å². The smallest absolute Gasteiger partial charge is 0.131 e. The molecule has 2 heterocycles. The molecular weight excluding hydrogens is 368 g/mol. The monoisotopic (exact) mass is 388 g/mol. The lowest BCUT2D eigenvalue weighted by Gasteiger charge is -2.13. The second-order valence-electron chi connectivity index (χ2n) is 6.81. The molecule has 2 aromatic carbocycles. The van der Waals surface area contributed by atoms with Crippen molar-refractivity contribution in [1.29, 1.82) is 0 Å². The van der Waals surface area contributed by atoms with E-state index in [0.717, 1.165) is 40.2 Å². The van der Waals surface area contributed by atoms with E-state index in [9.17, 15) is 0 Å².